The Hall–Kier alpha value is -1.70. The van der Waals surface area contributed by atoms with Crippen molar-refractivity contribution < 1.29 is 14.3 Å². The summed E-state index contributed by atoms with van der Waals surface area (Å²) in [6.07, 6.45) is 2.61. The second-order valence-corrected chi connectivity index (χ2v) is 8.10. The zero-order chi connectivity index (χ0) is 16.6. The van der Waals surface area contributed by atoms with Crippen LogP contribution in [0, 0.1) is 17.8 Å². The second kappa shape index (κ2) is 6.07. The summed E-state index contributed by atoms with van der Waals surface area (Å²) in [6, 6.07) is -0.170. The van der Waals surface area contributed by atoms with Crippen LogP contribution < -0.4 is 10.6 Å². The fraction of sp³-hybridized carbons (Fsp3) is 0.733. The van der Waals surface area contributed by atoms with Crippen LogP contribution in [0.1, 0.15) is 40.0 Å². The minimum absolute atomic E-state index is 0.0880. The van der Waals surface area contributed by atoms with Gasteiger partial charge in [0.1, 0.15) is 11.1 Å². The van der Waals surface area contributed by atoms with Crippen LogP contribution in [0.4, 0.5) is 9.93 Å². The number of hydrogen-bond acceptors (Lipinski definition) is 6. The molecule has 0 radical (unpaired) electrons. The molecule has 3 rings (SSSR count). The number of fused-ring (bicyclic) bond motifs is 2. The molecule has 0 aliphatic heterocycles. The van der Waals surface area contributed by atoms with Crippen LogP contribution in [-0.4, -0.2) is 33.8 Å². The van der Waals surface area contributed by atoms with E-state index in [9.17, 15) is 9.59 Å². The topological polar surface area (TPSA) is 93.2 Å². The molecular formula is C15H22N4O3S. The summed E-state index contributed by atoms with van der Waals surface area (Å²) in [5, 5.41) is 13.8. The Morgan fingerprint density at radius 1 is 1.30 bits per heavy atom. The molecule has 8 heteroatoms. The summed E-state index contributed by atoms with van der Waals surface area (Å²) in [4.78, 5) is 24.7. The minimum atomic E-state index is -0.550. The Bertz CT molecular complexity index is 584. The molecule has 4 unspecified atom stereocenters. The van der Waals surface area contributed by atoms with E-state index >= 15 is 0 Å². The van der Waals surface area contributed by atoms with Crippen molar-refractivity contribution in [2.24, 2.45) is 17.8 Å². The molecule has 0 spiro atoms. The summed E-state index contributed by atoms with van der Waals surface area (Å²) in [5.41, 5.74) is 1.03. The molecule has 2 amide bonds. The molecule has 1 aromatic heterocycles. The second-order valence-electron chi connectivity index (χ2n) is 7.26. The minimum Gasteiger partial charge on any atom is -0.444 e. The van der Waals surface area contributed by atoms with Gasteiger partial charge in [0, 0.05) is 6.04 Å². The van der Waals surface area contributed by atoms with Crippen LogP contribution >= 0.6 is 11.3 Å². The van der Waals surface area contributed by atoms with Gasteiger partial charge in [-0.3, -0.25) is 4.79 Å². The maximum absolute atomic E-state index is 12.6. The van der Waals surface area contributed by atoms with Crippen molar-refractivity contribution in [3.8, 4) is 0 Å². The van der Waals surface area contributed by atoms with Gasteiger partial charge in [-0.15, -0.1) is 10.2 Å². The molecule has 7 nitrogen and oxygen atoms in total. The molecule has 2 fully saturated rings. The van der Waals surface area contributed by atoms with Gasteiger partial charge in [0.2, 0.25) is 11.0 Å². The molecule has 2 saturated carbocycles. The van der Waals surface area contributed by atoms with Gasteiger partial charge >= 0.3 is 6.09 Å². The highest BCUT2D eigenvalue weighted by molar-refractivity contribution is 7.13. The molecule has 1 aromatic rings. The number of carbonyl (C=O) groups excluding carboxylic acids is 2. The highest BCUT2D eigenvalue weighted by Crippen LogP contribution is 2.49. The summed E-state index contributed by atoms with van der Waals surface area (Å²) in [5.74, 6) is 0.339. The largest absolute Gasteiger partial charge is 0.444 e. The van der Waals surface area contributed by atoms with E-state index in [1.165, 1.54) is 11.3 Å². The normalized spacial score (nSPS) is 29.3. The predicted octanol–water partition coefficient (Wildman–Crippen LogP) is 2.42. The van der Waals surface area contributed by atoms with Crippen molar-refractivity contribution in [2.75, 3.05) is 5.32 Å². The summed E-state index contributed by atoms with van der Waals surface area (Å²) < 4.78 is 5.34. The lowest BCUT2D eigenvalue weighted by Crippen LogP contribution is -2.49. The average molecular weight is 338 g/mol. The number of alkyl carbamates (subject to hydrolysis) is 1. The van der Waals surface area contributed by atoms with Crippen LogP contribution in [0.3, 0.4) is 0 Å². The van der Waals surface area contributed by atoms with E-state index in [-0.39, 0.29) is 17.9 Å². The zero-order valence-electron chi connectivity index (χ0n) is 13.5. The first kappa shape index (κ1) is 16.2. The number of aromatic nitrogens is 2. The summed E-state index contributed by atoms with van der Waals surface area (Å²) in [6.45, 7) is 5.48. The Labute approximate surface area is 139 Å². The maximum atomic E-state index is 12.6. The molecular weight excluding hydrogens is 316 g/mol. The Morgan fingerprint density at radius 3 is 2.70 bits per heavy atom. The third-order valence-electron chi connectivity index (χ3n) is 4.49. The summed E-state index contributed by atoms with van der Waals surface area (Å²) >= 11 is 1.29. The molecule has 23 heavy (non-hydrogen) atoms. The van der Waals surface area contributed by atoms with Gasteiger partial charge in [0.15, 0.2) is 0 Å². The Kier molecular flexibility index (Phi) is 4.27. The van der Waals surface area contributed by atoms with Gasteiger partial charge in [-0.2, -0.15) is 0 Å². The van der Waals surface area contributed by atoms with E-state index in [1.54, 1.807) is 5.51 Å². The van der Waals surface area contributed by atoms with Gasteiger partial charge < -0.3 is 15.4 Å². The first-order valence-corrected chi connectivity index (χ1v) is 8.78. The van der Waals surface area contributed by atoms with Crippen LogP contribution in [0.2, 0.25) is 0 Å². The van der Waals surface area contributed by atoms with Gasteiger partial charge in [0.25, 0.3) is 0 Å². The smallest absolute Gasteiger partial charge is 0.407 e. The van der Waals surface area contributed by atoms with Crippen LogP contribution in [0.5, 0.6) is 0 Å². The van der Waals surface area contributed by atoms with Crippen molar-refractivity contribution in [1.82, 2.24) is 15.5 Å². The number of carbonyl (C=O) groups is 2. The van der Waals surface area contributed by atoms with E-state index in [1.807, 2.05) is 20.8 Å². The van der Waals surface area contributed by atoms with Crippen molar-refractivity contribution >= 4 is 28.5 Å². The van der Waals surface area contributed by atoms with Crippen molar-refractivity contribution in [3.63, 3.8) is 0 Å². The Morgan fingerprint density at radius 2 is 2.04 bits per heavy atom. The third-order valence-corrected chi connectivity index (χ3v) is 5.10. The highest BCUT2D eigenvalue weighted by Gasteiger charge is 2.51. The molecule has 2 aliphatic rings. The molecule has 2 bridgehead atoms. The fourth-order valence-corrected chi connectivity index (χ4v) is 4.18. The standard InChI is InChI=1S/C15H22N4O3S/c1-15(2,3)22-14(21)17-11-9-5-4-8(6-9)10(11)12(20)18-13-19-16-7-23-13/h7-11H,4-6H2,1-3H3,(H,17,21)(H,18,19,20). The van der Waals surface area contributed by atoms with Crippen molar-refractivity contribution in [3.05, 3.63) is 5.51 Å². The number of anilines is 1. The molecule has 1 heterocycles. The lowest BCUT2D eigenvalue weighted by Gasteiger charge is -2.31. The van der Waals surface area contributed by atoms with Crippen LogP contribution in [0.25, 0.3) is 0 Å². The fourth-order valence-electron chi connectivity index (χ4n) is 3.74. The van der Waals surface area contributed by atoms with E-state index in [0.29, 0.717) is 17.0 Å². The number of nitrogens with one attached hydrogen (secondary N) is 2. The monoisotopic (exact) mass is 338 g/mol. The van der Waals surface area contributed by atoms with Gasteiger partial charge in [-0.1, -0.05) is 11.3 Å². The van der Waals surface area contributed by atoms with E-state index in [0.717, 1.165) is 19.3 Å². The zero-order valence-corrected chi connectivity index (χ0v) is 14.4. The molecule has 126 valence electrons. The SMILES string of the molecule is CC(C)(C)OC(=O)NC1C2CCC(C2)C1C(=O)Nc1nncs1. The van der Waals surface area contributed by atoms with Gasteiger partial charge in [0.05, 0.1) is 5.92 Å². The number of amides is 2. The van der Waals surface area contributed by atoms with E-state index in [4.69, 9.17) is 4.74 Å². The number of ether oxygens (including phenoxy) is 1. The molecule has 4 atom stereocenters. The van der Waals surface area contributed by atoms with Crippen molar-refractivity contribution in [2.45, 2.75) is 51.7 Å². The predicted molar refractivity (Wildman–Crippen MR) is 86.0 cm³/mol. The van der Waals surface area contributed by atoms with Crippen molar-refractivity contribution in [1.29, 1.82) is 0 Å². The average Bonchev–Trinajstić information content (AvgIpc) is 3.12. The lowest BCUT2D eigenvalue weighted by atomic mass is 9.84. The third kappa shape index (κ3) is 3.63. The summed E-state index contributed by atoms with van der Waals surface area (Å²) in [7, 11) is 0. The molecule has 2 N–H and O–H groups in total. The molecule has 2 aliphatic carbocycles. The maximum Gasteiger partial charge on any atom is 0.407 e. The molecule has 0 aromatic carbocycles. The van der Waals surface area contributed by atoms with Gasteiger partial charge in [-0.25, -0.2) is 4.79 Å². The number of nitrogens with zero attached hydrogens (tertiary/aromatic N) is 2. The first-order valence-electron chi connectivity index (χ1n) is 7.90. The van der Waals surface area contributed by atoms with E-state index < -0.39 is 11.7 Å². The van der Waals surface area contributed by atoms with E-state index in [2.05, 4.69) is 20.8 Å². The van der Waals surface area contributed by atoms with Crippen LogP contribution in [-0.2, 0) is 9.53 Å². The number of hydrogen-bond donors (Lipinski definition) is 2. The Balaban J connectivity index is 1.67. The quantitative estimate of drug-likeness (QED) is 0.883. The number of rotatable bonds is 3. The lowest BCUT2D eigenvalue weighted by molar-refractivity contribution is -0.122. The molecule has 0 saturated heterocycles. The highest BCUT2D eigenvalue weighted by atomic mass is 32.1. The first-order chi connectivity index (χ1) is 10.8. The van der Waals surface area contributed by atoms with Crippen LogP contribution in [0.15, 0.2) is 5.51 Å². The van der Waals surface area contributed by atoms with Gasteiger partial charge in [-0.05, 0) is 51.9 Å².